The van der Waals surface area contributed by atoms with Crippen molar-refractivity contribution in [2.75, 3.05) is 14.1 Å². The average Bonchev–Trinajstić information content (AvgIpc) is 2.96. The molecule has 0 bridgehead atoms. The van der Waals surface area contributed by atoms with Crippen LogP contribution in [0.4, 0.5) is 0 Å². The van der Waals surface area contributed by atoms with Gasteiger partial charge in [0.2, 0.25) is 5.91 Å². The number of aromatic nitrogens is 1. The second-order valence-electron chi connectivity index (χ2n) is 6.43. The summed E-state index contributed by atoms with van der Waals surface area (Å²) in [5.74, 6) is 0.244. The maximum absolute atomic E-state index is 11.9. The summed E-state index contributed by atoms with van der Waals surface area (Å²) in [5.41, 5.74) is 1.89. The van der Waals surface area contributed by atoms with E-state index < -0.39 is 5.91 Å². The van der Waals surface area contributed by atoms with Crippen molar-refractivity contribution in [2.45, 2.75) is 50.9 Å². The number of nitrogens with zero attached hydrogens (tertiary/aromatic N) is 2. The lowest BCUT2D eigenvalue weighted by Gasteiger charge is -2.25. The van der Waals surface area contributed by atoms with Crippen LogP contribution in [-0.2, 0) is 4.79 Å². The molecule has 1 aliphatic carbocycles. The van der Waals surface area contributed by atoms with Gasteiger partial charge in [-0.15, -0.1) is 0 Å². The molecule has 128 valence electrons. The predicted molar refractivity (Wildman–Crippen MR) is 83.0 cm³/mol. The second kappa shape index (κ2) is 8.10. The fraction of sp³-hybridized carbons (Fsp3) is 0.688. The fourth-order valence-electron chi connectivity index (χ4n) is 2.82. The minimum absolute atomic E-state index is 0.0945. The Morgan fingerprint density at radius 3 is 2.78 bits per heavy atom. The Morgan fingerprint density at radius 2 is 2.22 bits per heavy atom. The number of hydrogen-bond acceptors (Lipinski definition) is 5. The first-order valence-electron chi connectivity index (χ1n) is 8.11. The van der Waals surface area contributed by atoms with Crippen molar-refractivity contribution >= 4 is 11.8 Å². The third-order valence-corrected chi connectivity index (χ3v) is 4.44. The van der Waals surface area contributed by atoms with Crippen molar-refractivity contribution in [1.29, 1.82) is 0 Å². The van der Waals surface area contributed by atoms with E-state index >= 15 is 0 Å². The summed E-state index contributed by atoms with van der Waals surface area (Å²) in [5, 5.41) is 8.75. The molecule has 1 aromatic rings. The minimum atomic E-state index is -0.475. The lowest BCUT2D eigenvalue weighted by molar-refractivity contribution is -0.129. The van der Waals surface area contributed by atoms with Crippen LogP contribution in [0.3, 0.4) is 0 Å². The number of amides is 2. The molecule has 2 N–H and O–H groups in total. The van der Waals surface area contributed by atoms with Crippen LogP contribution < -0.4 is 5.48 Å². The van der Waals surface area contributed by atoms with Crippen LogP contribution >= 0.6 is 0 Å². The van der Waals surface area contributed by atoms with Crippen LogP contribution in [-0.4, -0.2) is 41.0 Å². The molecule has 1 unspecified atom stereocenters. The molecule has 7 heteroatoms. The third kappa shape index (κ3) is 4.79. The standard InChI is InChI=1S/C16H25N3O4/c1-19(2)16(21)13-10-23-15(17-13)12(9-14(20)18-22)8-4-7-11-5-3-6-11/h10-12,22H,3-9H2,1-2H3,(H,18,20). The molecule has 0 spiro atoms. The van der Waals surface area contributed by atoms with E-state index in [1.54, 1.807) is 19.6 Å². The maximum Gasteiger partial charge on any atom is 0.275 e. The highest BCUT2D eigenvalue weighted by molar-refractivity contribution is 5.91. The molecule has 0 saturated heterocycles. The van der Waals surface area contributed by atoms with E-state index in [2.05, 4.69) is 4.98 Å². The number of rotatable bonds is 8. The van der Waals surface area contributed by atoms with Crippen molar-refractivity contribution in [3.05, 3.63) is 17.8 Å². The van der Waals surface area contributed by atoms with Gasteiger partial charge in [-0.25, -0.2) is 10.5 Å². The van der Waals surface area contributed by atoms with E-state index in [-0.39, 0.29) is 23.9 Å². The Labute approximate surface area is 136 Å². The van der Waals surface area contributed by atoms with Gasteiger partial charge in [-0.3, -0.25) is 14.8 Å². The van der Waals surface area contributed by atoms with Crippen LogP contribution in [0.1, 0.15) is 67.2 Å². The topological polar surface area (TPSA) is 95.7 Å². The summed E-state index contributed by atoms with van der Waals surface area (Å²) in [7, 11) is 3.29. The molecule has 1 fully saturated rings. The molecule has 0 aliphatic heterocycles. The second-order valence-corrected chi connectivity index (χ2v) is 6.43. The summed E-state index contributed by atoms with van der Waals surface area (Å²) >= 11 is 0. The molecular weight excluding hydrogens is 298 g/mol. The van der Waals surface area contributed by atoms with E-state index in [1.165, 1.54) is 30.4 Å². The number of hydroxylamine groups is 1. The summed E-state index contributed by atoms with van der Waals surface area (Å²) < 4.78 is 5.42. The first-order valence-corrected chi connectivity index (χ1v) is 8.11. The number of carbonyl (C=O) groups is 2. The average molecular weight is 323 g/mol. The van der Waals surface area contributed by atoms with E-state index in [9.17, 15) is 9.59 Å². The Morgan fingerprint density at radius 1 is 1.48 bits per heavy atom. The van der Waals surface area contributed by atoms with Crippen molar-refractivity contribution in [2.24, 2.45) is 5.92 Å². The highest BCUT2D eigenvalue weighted by Crippen LogP contribution is 2.33. The largest absolute Gasteiger partial charge is 0.448 e. The third-order valence-electron chi connectivity index (χ3n) is 4.44. The molecule has 0 aromatic carbocycles. The van der Waals surface area contributed by atoms with Gasteiger partial charge in [-0.05, 0) is 12.3 Å². The first kappa shape index (κ1) is 17.5. The van der Waals surface area contributed by atoms with Crippen molar-refractivity contribution in [3.8, 4) is 0 Å². The molecule has 23 heavy (non-hydrogen) atoms. The van der Waals surface area contributed by atoms with Gasteiger partial charge in [0.05, 0.1) is 0 Å². The SMILES string of the molecule is CN(C)C(=O)c1coc(C(CCCC2CCC2)CC(=O)NO)n1. The number of carbonyl (C=O) groups excluding carboxylic acids is 2. The molecule has 1 aromatic heterocycles. The Kier molecular flexibility index (Phi) is 6.15. The zero-order chi connectivity index (χ0) is 16.8. The molecule has 1 aliphatic rings. The highest BCUT2D eigenvalue weighted by atomic mass is 16.5. The number of hydrogen-bond donors (Lipinski definition) is 2. The zero-order valence-electron chi connectivity index (χ0n) is 13.7. The summed E-state index contributed by atoms with van der Waals surface area (Å²) in [6.07, 6.45) is 8.20. The van der Waals surface area contributed by atoms with Gasteiger partial charge in [0, 0.05) is 26.4 Å². The first-order chi connectivity index (χ1) is 11.0. The molecule has 2 amide bonds. The van der Waals surface area contributed by atoms with E-state index in [0.29, 0.717) is 5.89 Å². The minimum Gasteiger partial charge on any atom is -0.448 e. The summed E-state index contributed by atoms with van der Waals surface area (Å²) in [4.78, 5) is 29.1. The van der Waals surface area contributed by atoms with Gasteiger partial charge in [0.1, 0.15) is 6.26 Å². The molecule has 0 radical (unpaired) electrons. The predicted octanol–water partition coefficient (Wildman–Crippen LogP) is 2.33. The van der Waals surface area contributed by atoms with E-state index in [1.807, 2.05) is 0 Å². The lowest BCUT2D eigenvalue weighted by Crippen LogP contribution is -2.23. The van der Waals surface area contributed by atoms with Crippen LogP contribution in [0.5, 0.6) is 0 Å². The van der Waals surface area contributed by atoms with Gasteiger partial charge >= 0.3 is 0 Å². The Hall–Kier alpha value is -1.89. The van der Waals surface area contributed by atoms with Crippen LogP contribution in [0, 0.1) is 5.92 Å². The van der Waals surface area contributed by atoms with Gasteiger partial charge in [-0.2, -0.15) is 0 Å². The molecule has 7 nitrogen and oxygen atoms in total. The smallest absolute Gasteiger partial charge is 0.275 e. The normalized spacial score (nSPS) is 15.8. The molecule has 2 rings (SSSR count). The number of nitrogens with one attached hydrogen (secondary N) is 1. The quantitative estimate of drug-likeness (QED) is 0.565. The fourth-order valence-corrected chi connectivity index (χ4v) is 2.82. The van der Waals surface area contributed by atoms with Gasteiger partial charge in [-0.1, -0.05) is 32.1 Å². The molecular formula is C16H25N3O4. The number of oxazole rings is 1. The van der Waals surface area contributed by atoms with Crippen molar-refractivity contribution in [1.82, 2.24) is 15.4 Å². The van der Waals surface area contributed by atoms with Crippen molar-refractivity contribution < 1.29 is 19.2 Å². The summed E-state index contributed by atoms with van der Waals surface area (Å²) in [6.45, 7) is 0. The van der Waals surface area contributed by atoms with Crippen LogP contribution in [0.25, 0.3) is 0 Å². The lowest BCUT2D eigenvalue weighted by atomic mass is 9.81. The molecule has 1 heterocycles. The Bertz CT molecular complexity index is 537. The van der Waals surface area contributed by atoms with Gasteiger partial charge in [0.15, 0.2) is 11.6 Å². The summed E-state index contributed by atoms with van der Waals surface area (Å²) in [6, 6.07) is 0. The van der Waals surface area contributed by atoms with Gasteiger partial charge in [0.25, 0.3) is 5.91 Å². The zero-order valence-corrected chi connectivity index (χ0v) is 13.7. The van der Waals surface area contributed by atoms with Crippen LogP contribution in [0.2, 0.25) is 0 Å². The highest BCUT2D eigenvalue weighted by Gasteiger charge is 2.24. The Balaban J connectivity index is 1.99. The molecule has 1 saturated carbocycles. The van der Waals surface area contributed by atoms with E-state index in [4.69, 9.17) is 9.62 Å². The monoisotopic (exact) mass is 323 g/mol. The molecule has 1 atom stereocenters. The maximum atomic E-state index is 11.9. The van der Waals surface area contributed by atoms with Gasteiger partial charge < -0.3 is 9.32 Å². The van der Waals surface area contributed by atoms with E-state index in [0.717, 1.165) is 25.2 Å². The van der Waals surface area contributed by atoms with Crippen LogP contribution in [0.15, 0.2) is 10.7 Å². The van der Waals surface area contributed by atoms with Crippen molar-refractivity contribution in [3.63, 3.8) is 0 Å².